The predicted molar refractivity (Wildman–Crippen MR) is 132 cm³/mol. The number of aromatic nitrogens is 1. The zero-order valence-electron chi connectivity index (χ0n) is 19.1. The van der Waals surface area contributed by atoms with E-state index in [4.69, 9.17) is 0 Å². The van der Waals surface area contributed by atoms with Crippen LogP contribution in [0.1, 0.15) is 46.7 Å². The molecule has 0 bridgehead atoms. The minimum atomic E-state index is -3.74. The van der Waals surface area contributed by atoms with Crippen LogP contribution in [0.15, 0.2) is 59.5 Å². The number of amides is 1. The van der Waals surface area contributed by atoms with Crippen molar-refractivity contribution in [1.29, 1.82) is 0 Å². The van der Waals surface area contributed by atoms with E-state index in [2.05, 4.69) is 10.3 Å². The first-order valence-corrected chi connectivity index (χ1v) is 12.8. The van der Waals surface area contributed by atoms with E-state index in [1.54, 1.807) is 0 Å². The lowest BCUT2D eigenvalue weighted by Crippen LogP contribution is -2.28. The van der Waals surface area contributed by atoms with Crippen LogP contribution in [0, 0.1) is 0 Å². The van der Waals surface area contributed by atoms with Crippen molar-refractivity contribution in [3.05, 3.63) is 65.0 Å². The second-order valence-electron chi connectivity index (χ2n) is 7.68. The van der Waals surface area contributed by atoms with Crippen LogP contribution in [-0.2, 0) is 14.8 Å². The molecule has 178 valence electrons. The molecule has 3 aromatic rings. The molecule has 0 spiro atoms. The molecule has 0 saturated heterocycles. The van der Waals surface area contributed by atoms with Crippen LogP contribution in [0.4, 0.5) is 5.13 Å². The van der Waals surface area contributed by atoms with E-state index < -0.39 is 10.0 Å². The molecule has 0 aliphatic carbocycles. The van der Waals surface area contributed by atoms with Crippen molar-refractivity contribution in [2.24, 2.45) is 0 Å². The van der Waals surface area contributed by atoms with Gasteiger partial charge in [-0.2, -0.15) is 0 Å². The Hall–Kier alpha value is -3.21. The number of nitrogens with one attached hydrogen (secondary N) is 1. The summed E-state index contributed by atoms with van der Waals surface area (Å²) in [5.74, 6) is -0.602. The van der Waals surface area contributed by atoms with Crippen molar-refractivity contribution >= 4 is 44.0 Å². The van der Waals surface area contributed by atoms with Gasteiger partial charge >= 0.3 is 0 Å². The number of rotatable bonds is 10. The molecule has 1 N–H and O–H groups in total. The number of hydrogen-bond acceptors (Lipinski definition) is 7. The summed E-state index contributed by atoms with van der Waals surface area (Å²) in [6, 6.07) is 15.0. The molecule has 8 nitrogen and oxygen atoms in total. The highest BCUT2D eigenvalue weighted by molar-refractivity contribution is 7.89. The minimum absolute atomic E-state index is 0.0810. The van der Waals surface area contributed by atoms with Crippen LogP contribution in [0.2, 0.25) is 0 Å². The number of nitrogens with zero attached hydrogens (tertiary/aromatic N) is 2. The number of anilines is 1. The number of thiazole rings is 1. The highest BCUT2D eigenvalue weighted by Crippen LogP contribution is 2.31. The van der Waals surface area contributed by atoms with Gasteiger partial charge in [-0.1, -0.05) is 53.8 Å². The maximum absolute atomic E-state index is 12.7. The number of carbonyl (C=O) groups is 3. The summed E-state index contributed by atoms with van der Waals surface area (Å²) in [5.41, 5.74) is 1.74. The lowest BCUT2D eigenvalue weighted by atomic mass is 10.1. The third kappa shape index (κ3) is 6.02. The van der Waals surface area contributed by atoms with E-state index in [0.717, 1.165) is 16.9 Å². The molecule has 2 aromatic carbocycles. The molecule has 10 heteroatoms. The van der Waals surface area contributed by atoms with Crippen molar-refractivity contribution in [2.45, 2.75) is 31.6 Å². The second-order valence-corrected chi connectivity index (χ2v) is 10.7. The molecule has 0 unspecified atom stereocenters. The van der Waals surface area contributed by atoms with Crippen LogP contribution in [0.3, 0.4) is 0 Å². The SMILES string of the molecule is CC(=O)c1ccc(S(=O)(=O)N(C)CCCC(=O)Nc2nc(-c3ccccc3)c(C(C)=O)s2)cc1. The van der Waals surface area contributed by atoms with Gasteiger partial charge in [0.1, 0.15) is 0 Å². The Kier molecular flexibility index (Phi) is 8.08. The van der Waals surface area contributed by atoms with Gasteiger partial charge in [0.05, 0.1) is 15.5 Å². The molecule has 1 aromatic heterocycles. The fourth-order valence-corrected chi connectivity index (χ4v) is 5.32. The number of Topliss-reactive ketones (excluding diaryl/α,β-unsaturated/α-hetero) is 2. The summed E-state index contributed by atoms with van der Waals surface area (Å²) in [5, 5.41) is 3.02. The van der Waals surface area contributed by atoms with Gasteiger partial charge in [0.15, 0.2) is 16.7 Å². The van der Waals surface area contributed by atoms with Crippen molar-refractivity contribution in [3.8, 4) is 11.3 Å². The maximum Gasteiger partial charge on any atom is 0.242 e. The highest BCUT2D eigenvalue weighted by Gasteiger charge is 2.21. The van der Waals surface area contributed by atoms with Gasteiger partial charge < -0.3 is 5.32 Å². The number of benzene rings is 2. The smallest absolute Gasteiger partial charge is 0.242 e. The van der Waals surface area contributed by atoms with Crippen LogP contribution < -0.4 is 5.32 Å². The average molecular weight is 500 g/mol. The topological polar surface area (TPSA) is 114 Å². The summed E-state index contributed by atoms with van der Waals surface area (Å²) in [6.07, 6.45) is 0.377. The Bertz CT molecular complexity index is 1300. The van der Waals surface area contributed by atoms with Gasteiger partial charge in [-0.15, -0.1) is 0 Å². The average Bonchev–Trinajstić information content (AvgIpc) is 3.23. The molecule has 0 aliphatic heterocycles. The van der Waals surface area contributed by atoms with Crippen LogP contribution in [0.25, 0.3) is 11.3 Å². The Balaban J connectivity index is 1.59. The number of hydrogen-bond donors (Lipinski definition) is 1. The molecule has 1 heterocycles. The predicted octanol–water partition coefficient (Wildman–Crippen LogP) is 4.25. The van der Waals surface area contributed by atoms with Crippen molar-refractivity contribution in [3.63, 3.8) is 0 Å². The normalized spacial score (nSPS) is 11.4. The van der Waals surface area contributed by atoms with Crippen molar-refractivity contribution in [1.82, 2.24) is 9.29 Å². The van der Waals surface area contributed by atoms with Gasteiger partial charge in [0, 0.05) is 38.1 Å². The zero-order chi connectivity index (χ0) is 24.9. The van der Waals surface area contributed by atoms with E-state index in [9.17, 15) is 22.8 Å². The molecule has 0 radical (unpaired) electrons. The van der Waals surface area contributed by atoms with Crippen molar-refractivity contribution < 1.29 is 22.8 Å². The molecular formula is C24H25N3O5S2. The standard InChI is InChI=1S/C24H25N3O5S2/c1-16(28)18-11-13-20(14-12-18)34(31,32)27(3)15-7-10-21(30)25-24-26-22(23(33-24)17(2)29)19-8-5-4-6-9-19/h4-6,8-9,11-14H,7,10,15H2,1-3H3,(H,25,26,30). The third-order valence-corrected chi connectivity index (χ3v) is 8.03. The van der Waals surface area contributed by atoms with E-state index in [-0.39, 0.29) is 35.3 Å². The van der Waals surface area contributed by atoms with Gasteiger partial charge in [0.2, 0.25) is 15.9 Å². The summed E-state index contributed by atoms with van der Waals surface area (Å²) in [6.45, 7) is 3.00. The fraction of sp³-hybridized carbons (Fsp3) is 0.250. The monoisotopic (exact) mass is 499 g/mol. The molecule has 0 atom stereocenters. The Morgan fingerprint density at radius 3 is 2.21 bits per heavy atom. The lowest BCUT2D eigenvalue weighted by Gasteiger charge is -2.17. The molecule has 0 fully saturated rings. The fourth-order valence-electron chi connectivity index (χ4n) is 3.21. The number of ketones is 2. The molecule has 0 aliphatic rings. The first-order chi connectivity index (χ1) is 16.1. The number of sulfonamides is 1. The van der Waals surface area contributed by atoms with Crippen molar-refractivity contribution in [2.75, 3.05) is 18.9 Å². The summed E-state index contributed by atoms with van der Waals surface area (Å²) in [7, 11) is -2.30. The largest absolute Gasteiger partial charge is 0.302 e. The van der Waals surface area contributed by atoms with Crippen LogP contribution in [0.5, 0.6) is 0 Å². The number of carbonyl (C=O) groups excluding carboxylic acids is 3. The van der Waals surface area contributed by atoms with Crippen LogP contribution >= 0.6 is 11.3 Å². The van der Waals surface area contributed by atoms with Gasteiger partial charge in [0.25, 0.3) is 0 Å². The first kappa shape index (κ1) is 25.4. The molecule has 0 saturated carbocycles. The molecule has 34 heavy (non-hydrogen) atoms. The summed E-state index contributed by atoms with van der Waals surface area (Å²) in [4.78, 5) is 40.8. The van der Waals surface area contributed by atoms with Crippen LogP contribution in [-0.4, -0.2) is 48.8 Å². The van der Waals surface area contributed by atoms with Gasteiger partial charge in [-0.05, 0) is 25.5 Å². The van der Waals surface area contributed by atoms with E-state index in [1.165, 1.54) is 49.5 Å². The third-order valence-electron chi connectivity index (χ3n) is 5.09. The lowest BCUT2D eigenvalue weighted by molar-refractivity contribution is -0.116. The quantitative estimate of drug-likeness (QED) is 0.417. The van der Waals surface area contributed by atoms with E-state index in [1.807, 2.05) is 30.3 Å². The second kappa shape index (κ2) is 10.8. The summed E-state index contributed by atoms with van der Waals surface area (Å²) < 4.78 is 26.6. The molecule has 3 rings (SSSR count). The first-order valence-electron chi connectivity index (χ1n) is 10.5. The summed E-state index contributed by atoms with van der Waals surface area (Å²) >= 11 is 1.11. The van der Waals surface area contributed by atoms with E-state index >= 15 is 0 Å². The maximum atomic E-state index is 12.7. The Morgan fingerprint density at radius 2 is 1.62 bits per heavy atom. The Labute approximate surface area is 202 Å². The molecular weight excluding hydrogens is 474 g/mol. The zero-order valence-corrected chi connectivity index (χ0v) is 20.7. The van der Waals surface area contributed by atoms with Gasteiger partial charge in [-0.25, -0.2) is 17.7 Å². The Morgan fingerprint density at radius 1 is 0.971 bits per heavy atom. The molecule has 1 amide bonds. The highest BCUT2D eigenvalue weighted by atomic mass is 32.2. The van der Waals surface area contributed by atoms with Gasteiger partial charge in [-0.3, -0.25) is 14.4 Å². The minimum Gasteiger partial charge on any atom is -0.302 e. The van der Waals surface area contributed by atoms with E-state index in [0.29, 0.717) is 27.7 Å².